The Morgan fingerprint density at radius 1 is 1.37 bits per heavy atom. The molecule has 1 aromatic heterocycles. The van der Waals surface area contributed by atoms with Gasteiger partial charge >= 0.3 is 0 Å². The minimum absolute atomic E-state index is 0.0744. The second kappa shape index (κ2) is 6.86. The lowest BCUT2D eigenvalue weighted by Crippen LogP contribution is -2.27. The summed E-state index contributed by atoms with van der Waals surface area (Å²) in [7, 11) is 1.61. The van der Waals surface area contributed by atoms with Crippen molar-refractivity contribution < 1.29 is 9.53 Å². The Hall–Kier alpha value is -1.92. The lowest BCUT2D eigenvalue weighted by molar-refractivity contribution is -0.115. The summed E-state index contributed by atoms with van der Waals surface area (Å²) in [6.07, 6.45) is 1.79. The number of carbonyl (C=O) groups is 1. The van der Waals surface area contributed by atoms with Crippen molar-refractivity contribution in [2.24, 2.45) is 0 Å². The number of benzene rings is 1. The van der Waals surface area contributed by atoms with Crippen LogP contribution in [0.2, 0.25) is 0 Å². The molecule has 0 radical (unpaired) electrons. The van der Waals surface area contributed by atoms with Gasteiger partial charge in [0.15, 0.2) is 0 Å². The van der Waals surface area contributed by atoms with E-state index in [9.17, 15) is 4.79 Å². The fourth-order valence-corrected chi connectivity index (χ4v) is 2.07. The molecule has 5 nitrogen and oxygen atoms in total. The van der Waals surface area contributed by atoms with Crippen LogP contribution in [0.5, 0.6) is 5.75 Å². The Balaban J connectivity index is 1.74. The first-order valence-corrected chi connectivity index (χ1v) is 6.68. The summed E-state index contributed by atoms with van der Waals surface area (Å²) in [4.78, 5) is 16.8. The van der Waals surface area contributed by atoms with E-state index in [-0.39, 0.29) is 12.5 Å². The van der Waals surface area contributed by atoms with Gasteiger partial charge in [0.2, 0.25) is 5.91 Å². The Morgan fingerprint density at radius 2 is 2.16 bits per heavy atom. The number of rotatable bonds is 6. The maximum Gasteiger partial charge on any atom is 0.238 e. The van der Waals surface area contributed by atoms with E-state index in [1.165, 1.54) is 0 Å². The fraction of sp³-hybridized carbons (Fsp3) is 0.231. The number of thiazole rings is 1. The van der Waals surface area contributed by atoms with Gasteiger partial charge in [0.25, 0.3) is 0 Å². The molecule has 2 N–H and O–H groups in total. The Labute approximate surface area is 115 Å². The zero-order valence-electron chi connectivity index (χ0n) is 10.6. The minimum atomic E-state index is -0.0744. The smallest absolute Gasteiger partial charge is 0.238 e. The van der Waals surface area contributed by atoms with Gasteiger partial charge < -0.3 is 15.4 Å². The zero-order valence-corrected chi connectivity index (χ0v) is 11.4. The van der Waals surface area contributed by atoms with Gasteiger partial charge in [0.05, 0.1) is 19.2 Å². The third-order valence-corrected chi connectivity index (χ3v) is 3.22. The Morgan fingerprint density at radius 3 is 2.79 bits per heavy atom. The molecule has 1 amide bonds. The van der Waals surface area contributed by atoms with Crippen LogP contribution in [-0.4, -0.2) is 24.5 Å². The maximum atomic E-state index is 11.7. The highest BCUT2D eigenvalue weighted by molar-refractivity contribution is 7.09. The summed E-state index contributed by atoms with van der Waals surface area (Å²) >= 11 is 1.56. The first-order chi connectivity index (χ1) is 9.28. The maximum absolute atomic E-state index is 11.7. The third-order valence-electron chi connectivity index (χ3n) is 2.44. The first-order valence-electron chi connectivity index (χ1n) is 5.80. The molecule has 19 heavy (non-hydrogen) atoms. The van der Waals surface area contributed by atoms with Gasteiger partial charge in [-0.25, -0.2) is 0 Å². The summed E-state index contributed by atoms with van der Waals surface area (Å²) < 4.78 is 5.05. The molecule has 0 unspecified atom stereocenters. The number of methoxy groups -OCH3 is 1. The molecule has 0 saturated heterocycles. The summed E-state index contributed by atoms with van der Waals surface area (Å²) in [6, 6.07) is 7.22. The number of nitrogens with zero attached hydrogens (tertiary/aromatic N) is 1. The van der Waals surface area contributed by atoms with Crippen LogP contribution in [0.25, 0.3) is 0 Å². The predicted molar refractivity (Wildman–Crippen MR) is 75.4 cm³/mol. The first kappa shape index (κ1) is 13.5. The van der Waals surface area contributed by atoms with Gasteiger partial charge in [-0.2, -0.15) is 0 Å². The van der Waals surface area contributed by atoms with E-state index >= 15 is 0 Å². The quantitative estimate of drug-likeness (QED) is 0.846. The molecular formula is C13H15N3O2S. The average Bonchev–Trinajstić information content (AvgIpc) is 2.93. The van der Waals surface area contributed by atoms with Crippen molar-refractivity contribution in [3.8, 4) is 5.75 Å². The molecule has 1 aromatic carbocycles. The van der Waals surface area contributed by atoms with E-state index in [1.807, 2.05) is 0 Å². The second-order valence-electron chi connectivity index (χ2n) is 3.85. The van der Waals surface area contributed by atoms with Crippen LogP contribution in [0.1, 0.15) is 4.88 Å². The fourth-order valence-electron chi connectivity index (χ4n) is 1.51. The molecule has 6 heteroatoms. The largest absolute Gasteiger partial charge is 0.497 e. The van der Waals surface area contributed by atoms with Crippen LogP contribution < -0.4 is 15.4 Å². The van der Waals surface area contributed by atoms with E-state index in [0.29, 0.717) is 6.54 Å². The number of carbonyl (C=O) groups excluding carboxylic acids is 1. The standard InChI is InChI=1S/C13H15N3O2S/c1-18-11-4-2-10(3-5-11)16-13(17)8-14-6-12-7-15-9-19-12/h2-5,7,9,14H,6,8H2,1H3,(H,16,17). The van der Waals surface area contributed by atoms with Gasteiger partial charge in [-0.05, 0) is 24.3 Å². The molecule has 0 atom stereocenters. The molecule has 0 fully saturated rings. The van der Waals surface area contributed by atoms with E-state index in [1.54, 1.807) is 54.4 Å². The molecule has 0 aliphatic heterocycles. The number of hydrogen-bond acceptors (Lipinski definition) is 5. The zero-order chi connectivity index (χ0) is 13.5. The molecule has 0 bridgehead atoms. The highest BCUT2D eigenvalue weighted by Gasteiger charge is 2.02. The van der Waals surface area contributed by atoms with Crippen molar-refractivity contribution in [2.45, 2.75) is 6.54 Å². The Kier molecular flexibility index (Phi) is 4.88. The van der Waals surface area contributed by atoms with Crippen molar-refractivity contribution in [3.63, 3.8) is 0 Å². The SMILES string of the molecule is COc1ccc(NC(=O)CNCc2cncs2)cc1. The summed E-state index contributed by atoms with van der Waals surface area (Å²) in [5.74, 6) is 0.691. The van der Waals surface area contributed by atoms with Crippen LogP contribution in [0.3, 0.4) is 0 Å². The van der Waals surface area contributed by atoms with Crippen molar-refractivity contribution in [2.75, 3.05) is 19.0 Å². The van der Waals surface area contributed by atoms with Crippen LogP contribution in [0, 0.1) is 0 Å². The highest BCUT2D eigenvalue weighted by atomic mass is 32.1. The summed E-state index contributed by atoms with van der Waals surface area (Å²) in [5, 5.41) is 5.87. The van der Waals surface area contributed by atoms with Gasteiger partial charge in [-0.3, -0.25) is 9.78 Å². The number of hydrogen-bond donors (Lipinski definition) is 2. The number of aromatic nitrogens is 1. The van der Waals surface area contributed by atoms with E-state index in [2.05, 4.69) is 15.6 Å². The van der Waals surface area contributed by atoms with Gasteiger partial charge in [-0.15, -0.1) is 11.3 Å². The van der Waals surface area contributed by atoms with E-state index < -0.39 is 0 Å². The minimum Gasteiger partial charge on any atom is -0.497 e. The molecule has 0 aliphatic rings. The highest BCUT2D eigenvalue weighted by Crippen LogP contribution is 2.14. The van der Waals surface area contributed by atoms with Crippen LogP contribution >= 0.6 is 11.3 Å². The number of ether oxygens (including phenoxy) is 1. The van der Waals surface area contributed by atoms with Crippen LogP contribution in [-0.2, 0) is 11.3 Å². The molecule has 2 rings (SSSR count). The number of nitrogens with one attached hydrogen (secondary N) is 2. The monoisotopic (exact) mass is 277 g/mol. The molecular weight excluding hydrogens is 262 g/mol. The molecule has 0 aliphatic carbocycles. The number of amides is 1. The molecule has 1 heterocycles. The normalized spacial score (nSPS) is 10.2. The third kappa shape index (κ3) is 4.35. The number of anilines is 1. The summed E-state index contributed by atoms with van der Waals surface area (Å²) in [6.45, 7) is 0.921. The predicted octanol–water partition coefficient (Wildman–Crippen LogP) is 1.88. The van der Waals surface area contributed by atoms with Crippen LogP contribution in [0.4, 0.5) is 5.69 Å². The van der Waals surface area contributed by atoms with Crippen molar-refractivity contribution in [1.29, 1.82) is 0 Å². The van der Waals surface area contributed by atoms with Crippen molar-refractivity contribution >= 4 is 22.9 Å². The van der Waals surface area contributed by atoms with Gasteiger partial charge in [-0.1, -0.05) is 0 Å². The Bertz CT molecular complexity index is 511. The topological polar surface area (TPSA) is 63.2 Å². The van der Waals surface area contributed by atoms with Crippen molar-refractivity contribution in [3.05, 3.63) is 40.8 Å². The molecule has 0 saturated carbocycles. The van der Waals surface area contributed by atoms with E-state index in [4.69, 9.17) is 4.74 Å². The molecule has 100 valence electrons. The van der Waals surface area contributed by atoms with Crippen LogP contribution in [0.15, 0.2) is 36.0 Å². The van der Waals surface area contributed by atoms with E-state index in [0.717, 1.165) is 16.3 Å². The summed E-state index contributed by atoms with van der Waals surface area (Å²) in [5.41, 5.74) is 2.53. The van der Waals surface area contributed by atoms with Crippen molar-refractivity contribution in [1.82, 2.24) is 10.3 Å². The second-order valence-corrected chi connectivity index (χ2v) is 4.82. The molecule has 2 aromatic rings. The van der Waals surface area contributed by atoms with Gasteiger partial charge in [0.1, 0.15) is 5.75 Å². The molecule has 0 spiro atoms. The van der Waals surface area contributed by atoms with Gasteiger partial charge in [0, 0.05) is 23.3 Å². The lowest BCUT2D eigenvalue weighted by Gasteiger charge is -2.06. The average molecular weight is 277 g/mol. The lowest BCUT2D eigenvalue weighted by atomic mass is 10.3.